The monoisotopic (exact) mass is 264 g/mol. The van der Waals surface area contributed by atoms with Crippen molar-refractivity contribution in [2.45, 2.75) is 26.3 Å². The van der Waals surface area contributed by atoms with E-state index in [1.54, 1.807) is 0 Å². The molecule has 2 heterocycles. The van der Waals surface area contributed by atoms with Crippen LogP contribution in [0.25, 0.3) is 0 Å². The Morgan fingerprint density at radius 2 is 2.16 bits per heavy atom. The highest BCUT2D eigenvalue weighted by Crippen LogP contribution is 2.21. The van der Waals surface area contributed by atoms with Crippen molar-refractivity contribution in [1.29, 1.82) is 0 Å². The molecule has 1 fully saturated rings. The van der Waals surface area contributed by atoms with Crippen molar-refractivity contribution in [3.05, 3.63) is 6.07 Å². The average molecular weight is 264 g/mol. The minimum atomic E-state index is 0.307. The van der Waals surface area contributed by atoms with Crippen molar-refractivity contribution in [2.75, 3.05) is 43.0 Å². The molecule has 106 valence electrons. The fourth-order valence-corrected chi connectivity index (χ4v) is 2.57. The predicted octanol–water partition coefficient (Wildman–Crippen LogP) is 1.24. The summed E-state index contributed by atoms with van der Waals surface area (Å²) in [5.41, 5.74) is 5.74. The molecule has 2 unspecified atom stereocenters. The number of nitrogen functional groups attached to an aromatic ring is 1. The van der Waals surface area contributed by atoms with Crippen LogP contribution in [0.1, 0.15) is 20.3 Å². The maximum Gasteiger partial charge on any atom is 0.223 e. The highest BCUT2D eigenvalue weighted by atomic mass is 15.2. The van der Waals surface area contributed by atoms with Gasteiger partial charge >= 0.3 is 0 Å². The van der Waals surface area contributed by atoms with Crippen LogP contribution in [0.4, 0.5) is 17.6 Å². The summed E-state index contributed by atoms with van der Waals surface area (Å²) in [7, 11) is 2.17. The maximum absolute atomic E-state index is 5.74. The molecule has 1 saturated heterocycles. The molecule has 1 aliphatic rings. The van der Waals surface area contributed by atoms with Crippen LogP contribution < -0.4 is 16.4 Å². The third-order valence-corrected chi connectivity index (χ3v) is 3.54. The van der Waals surface area contributed by atoms with Gasteiger partial charge < -0.3 is 21.3 Å². The van der Waals surface area contributed by atoms with E-state index in [2.05, 4.69) is 39.5 Å². The average Bonchev–Trinajstić information content (AvgIpc) is 2.32. The molecular formula is C13H24N6. The highest BCUT2D eigenvalue weighted by molar-refractivity contribution is 5.51. The summed E-state index contributed by atoms with van der Waals surface area (Å²) >= 11 is 0. The summed E-state index contributed by atoms with van der Waals surface area (Å²) in [6.45, 7) is 7.34. The van der Waals surface area contributed by atoms with Crippen molar-refractivity contribution in [2.24, 2.45) is 5.92 Å². The zero-order chi connectivity index (χ0) is 13.8. The SMILES string of the molecule is CCNc1cc(NC2CCN(C)CC2C)nc(N)n1. The van der Waals surface area contributed by atoms with Gasteiger partial charge in [0.15, 0.2) is 0 Å². The lowest BCUT2D eigenvalue weighted by Crippen LogP contribution is -2.43. The Labute approximate surface area is 114 Å². The number of hydrogen-bond donors (Lipinski definition) is 3. The molecule has 19 heavy (non-hydrogen) atoms. The Hall–Kier alpha value is -1.56. The second kappa shape index (κ2) is 6.06. The number of rotatable bonds is 4. The van der Waals surface area contributed by atoms with Gasteiger partial charge in [-0.25, -0.2) is 0 Å². The van der Waals surface area contributed by atoms with Gasteiger partial charge in [0.2, 0.25) is 5.95 Å². The molecular weight excluding hydrogens is 240 g/mol. The van der Waals surface area contributed by atoms with Crippen LogP contribution in [0.2, 0.25) is 0 Å². The van der Waals surface area contributed by atoms with Gasteiger partial charge in [0.05, 0.1) is 0 Å². The third-order valence-electron chi connectivity index (χ3n) is 3.54. The first-order valence-corrected chi connectivity index (χ1v) is 6.92. The Morgan fingerprint density at radius 3 is 2.84 bits per heavy atom. The van der Waals surface area contributed by atoms with E-state index in [0.29, 0.717) is 17.9 Å². The first kappa shape index (κ1) is 13.9. The molecule has 0 aliphatic carbocycles. The van der Waals surface area contributed by atoms with Gasteiger partial charge in [-0.1, -0.05) is 6.92 Å². The van der Waals surface area contributed by atoms with Gasteiger partial charge in [-0.05, 0) is 32.9 Å². The standard InChI is InChI=1S/C13H24N6/c1-4-15-11-7-12(18-13(14)17-11)16-10-5-6-19(3)8-9(10)2/h7,9-10H,4-6,8H2,1-3H3,(H4,14,15,16,17,18). The molecule has 6 heteroatoms. The predicted molar refractivity (Wildman–Crippen MR) is 79.3 cm³/mol. The van der Waals surface area contributed by atoms with Crippen LogP contribution in [0, 0.1) is 5.92 Å². The van der Waals surface area contributed by atoms with Crippen molar-refractivity contribution in [3.63, 3.8) is 0 Å². The van der Waals surface area contributed by atoms with E-state index in [1.165, 1.54) is 0 Å². The summed E-state index contributed by atoms with van der Waals surface area (Å²) in [5, 5.41) is 6.66. The largest absolute Gasteiger partial charge is 0.370 e. The van der Waals surface area contributed by atoms with E-state index in [1.807, 2.05) is 13.0 Å². The number of piperidine rings is 1. The molecule has 1 aromatic heterocycles. The fraction of sp³-hybridized carbons (Fsp3) is 0.692. The quantitative estimate of drug-likeness (QED) is 0.759. The van der Waals surface area contributed by atoms with Crippen LogP contribution in [-0.4, -0.2) is 47.6 Å². The van der Waals surface area contributed by atoms with Crippen molar-refractivity contribution < 1.29 is 0 Å². The minimum Gasteiger partial charge on any atom is -0.370 e. The summed E-state index contributed by atoms with van der Waals surface area (Å²) in [6.07, 6.45) is 1.12. The summed E-state index contributed by atoms with van der Waals surface area (Å²) in [5.74, 6) is 2.49. The second-order valence-electron chi connectivity index (χ2n) is 5.31. The molecule has 0 aromatic carbocycles. The van der Waals surface area contributed by atoms with E-state index < -0.39 is 0 Å². The topological polar surface area (TPSA) is 79.1 Å². The number of likely N-dealkylation sites (tertiary alicyclic amines) is 1. The van der Waals surface area contributed by atoms with E-state index in [0.717, 1.165) is 37.7 Å². The maximum atomic E-state index is 5.74. The summed E-state index contributed by atoms with van der Waals surface area (Å²) in [6, 6.07) is 2.37. The smallest absolute Gasteiger partial charge is 0.223 e. The van der Waals surface area contributed by atoms with Crippen molar-refractivity contribution in [1.82, 2.24) is 14.9 Å². The number of nitrogens with one attached hydrogen (secondary N) is 2. The first-order valence-electron chi connectivity index (χ1n) is 6.92. The molecule has 0 amide bonds. The summed E-state index contributed by atoms with van der Waals surface area (Å²) in [4.78, 5) is 10.8. The molecule has 0 bridgehead atoms. The Balaban J connectivity index is 2.05. The highest BCUT2D eigenvalue weighted by Gasteiger charge is 2.24. The molecule has 4 N–H and O–H groups in total. The number of nitrogens with two attached hydrogens (primary N) is 1. The lowest BCUT2D eigenvalue weighted by Gasteiger charge is -2.35. The molecule has 0 spiro atoms. The van der Waals surface area contributed by atoms with Crippen LogP contribution in [-0.2, 0) is 0 Å². The van der Waals surface area contributed by atoms with Crippen LogP contribution in [0.15, 0.2) is 6.07 Å². The van der Waals surface area contributed by atoms with Gasteiger partial charge in [-0.2, -0.15) is 9.97 Å². The normalized spacial score (nSPS) is 24.2. The van der Waals surface area contributed by atoms with Crippen LogP contribution in [0.3, 0.4) is 0 Å². The molecule has 2 rings (SSSR count). The lowest BCUT2D eigenvalue weighted by atomic mass is 9.94. The number of hydrogen-bond acceptors (Lipinski definition) is 6. The Morgan fingerprint density at radius 1 is 1.42 bits per heavy atom. The molecule has 1 aromatic rings. The van der Waals surface area contributed by atoms with E-state index in [9.17, 15) is 0 Å². The van der Waals surface area contributed by atoms with E-state index in [-0.39, 0.29) is 0 Å². The number of aromatic nitrogens is 2. The van der Waals surface area contributed by atoms with E-state index >= 15 is 0 Å². The third kappa shape index (κ3) is 3.70. The zero-order valence-corrected chi connectivity index (χ0v) is 12.0. The lowest BCUT2D eigenvalue weighted by molar-refractivity contribution is 0.206. The number of anilines is 3. The zero-order valence-electron chi connectivity index (χ0n) is 12.0. The van der Waals surface area contributed by atoms with Gasteiger partial charge in [0.1, 0.15) is 11.6 Å². The second-order valence-corrected chi connectivity index (χ2v) is 5.31. The molecule has 2 atom stereocenters. The number of nitrogens with zero attached hydrogens (tertiary/aromatic N) is 3. The molecule has 0 radical (unpaired) electrons. The van der Waals surface area contributed by atoms with Gasteiger partial charge in [0, 0.05) is 25.2 Å². The van der Waals surface area contributed by atoms with Crippen LogP contribution >= 0.6 is 0 Å². The Kier molecular flexibility index (Phi) is 4.42. The summed E-state index contributed by atoms with van der Waals surface area (Å²) < 4.78 is 0. The fourth-order valence-electron chi connectivity index (χ4n) is 2.57. The van der Waals surface area contributed by atoms with E-state index in [4.69, 9.17) is 5.73 Å². The Bertz CT molecular complexity index is 422. The van der Waals surface area contributed by atoms with Crippen molar-refractivity contribution >= 4 is 17.6 Å². The van der Waals surface area contributed by atoms with Crippen molar-refractivity contribution in [3.8, 4) is 0 Å². The minimum absolute atomic E-state index is 0.307. The molecule has 6 nitrogen and oxygen atoms in total. The van der Waals surface area contributed by atoms with Gasteiger partial charge in [-0.3, -0.25) is 0 Å². The van der Waals surface area contributed by atoms with Crippen LogP contribution in [0.5, 0.6) is 0 Å². The molecule has 0 saturated carbocycles. The molecule has 1 aliphatic heterocycles. The van der Waals surface area contributed by atoms with Gasteiger partial charge in [-0.15, -0.1) is 0 Å². The first-order chi connectivity index (χ1) is 9.08. The van der Waals surface area contributed by atoms with Gasteiger partial charge in [0.25, 0.3) is 0 Å².